The van der Waals surface area contributed by atoms with Gasteiger partial charge in [0.1, 0.15) is 23.1 Å². The molecule has 0 radical (unpaired) electrons. The van der Waals surface area contributed by atoms with E-state index in [-0.39, 0.29) is 18.3 Å². The summed E-state index contributed by atoms with van der Waals surface area (Å²) in [5, 5.41) is 21.4. The summed E-state index contributed by atoms with van der Waals surface area (Å²) >= 11 is 2.66. The van der Waals surface area contributed by atoms with Gasteiger partial charge in [0.15, 0.2) is 11.0 Å². The average molecular weight is 483 g/mol. The van der Waals surface area contributed by atoms with Gasteiger partial charge < -0.3 is 9.47 Å². The van der Waals surface area contributed by atoms with Crippen LogP contribution < -0.4 is 14.8 Å². The molecule has 0 saturated carbocycles. The van der Waals surface area contributed by atoms with Gasteiger partial charge >= 0.3 is 0 Å². The van der Waals surface area contributed by atoms with Gasteiger partial charge in [0.2, 0.25) is 11.0 Å². The molecule has 2 heterocycles. The highest BCUT2D eigenvalue weighted by Gasteiger charge is 2.17. The van der Waals surface area contributed by atoms with Gasteiger partial charge in [0.25, 0.3) is 0 Å². The maximum absolute atomic E-state index is 12.4. The van der Waals surface area contributed by atoms with Crippen LogP contribution in [-0.4, -0.2) is 43.7 Å². The van der Waals surface area contributed by atoms with Crippen molar-refractivity contribution in [2.24, 2.45) is 0 Å². The number of benzene rings is 2. The Morgan fingerprint density at radius 2 is 1.79 bits per heavy atom. The second-order valence-corrected chi connectivity index (χ2v) is 8.73. The molecule has 2 aromatic heterocycles. The minimum Gasteiger partial charge on any atom is -0.497 e. The van der Waals surface area contributed by atoms with E-state index in [1.54, 1.807) is 7.11 Å². The minimum absolute atomic E-state index is 0.158. The molecule has 0 fully saturated rings. The lowest BCUT2D eigenvalue weighted by Gasteiger charge is -2.11. The summed E-state index contributed by atoms with van der Waals surface area (Å²) in [4.78, 5) is 12.4. The van der Waals surface area contributed by atoms with Crippen molar-refractivity contribution in [3.8, 4) is 17.2 Å². The number of para-hydroxylation sites is 1. The number of amides is 1. The first-order chi connectivity index (χ1) is 16.2. The molecule has 11 heteroatoms. The van der Waals surface area contributed by atoms with Crippen LogP contribution in [0, 0.1) is 0 Å². The van der Waals surface area contributed by atoms with Crippen molar-refractivity contribution in [2.45, 2.75) is 25.1 Å². The topological polar surface area (TPSA) is 104 Å². The quantitative estimate of drug-likeness (QED) is 0.338. The Labute approximate surface area is 199 Å². The number of ether oxygens (including phenoxy) is 2. The molecular formula is C22H22N6O3S2. The molecule has 0 saturated heterocycles. The van der Waals surface area contributed by atoms with Gasteiger partial charge in [-0.2, -0.15) is 0 Å². The number of nitrogens with zero attached hydrogens (tertiary/aromatic N) is 5. The van der Waals surface area contributed by atoms with Crippen LogP contribution in [-0.2, 0) is 17.8 Å². The van der Waals surface area contributed by atoms with Crippen molar-refractivity contribution < 1.29 is 14.3 Å². The predicted molar refractivity (Wildman–Crippen MR) is 127 cm³/mol. The van der Waals surface area contributed by atoms with Crippen molar-refractivity contribution in [2.75, 3.05) is 18.2 Å². The maximum atomic E-state index is 12.4. The Morgan fingerprint density at radius 3 is 2.48 bits per heavy atom. The number of aryl methyl sites for hydroxylation is 1. The van der Waals surface area contributed by atoms with Crippen molar-refractivity contribution >= 4 is 34.1 Å². The summed E-state index contributed by atoms with van der Waals surface area (Å²) in [5.74, 6) is 2.04. The second-order valence-electron chi connectivity index (χ2n) is 6.73. The molecule has 0 atom stereocenters. The summed E-state index contributed by atoms with van der Waals surface area (Å²) in [6.07, 6.45) is 0.782. The van der Waals surface area contributed by atoms with Gasteiger partial charge in [-0.25, -0.2) is 0 Å². The maximum Gasteiger partial charge on any atom is 0.236 e. The summed E-state index contributed by atoms with van der Waals surface area (Å²) < 4.78 is 13.0. The number of aromatic nitrogens is 5. The number of nitrogens with one attached hydrogen (secondary N) is 1. The highest BCUT2D eigenvalue weighted by molar-refractivity contribution is 7.99. The standard InChI is InChI=1S/C22H22N6O3S2/c1-3-20-25-26-21(33-20)23-19(29)14-32-22-27-24-18(28(22)15-7-5-4-6-8-15)13-31-17-11-9-16(30-2)10-12-17/h4-12H,3,13-14H2,1-2H3,(H,23,26,29). The number of carbonyl (C=O) groups excluding carboxylic acids is 1. The van der Waals surface area contributed by atoms with Gasteiger partial charge in [-0.15, -0.1) is 20.4 Å². The van der Waals surface area contributed by atoms with Crippen LogP contribution in [0.1, 0.15) is 17.8 Å². The van der Waals surface area contributed by atoms with Crippen LogP contribution >= 0.6 is 23.1 Å². The fraction of sp³-hybridized carbons (Fsp3) is 0.227. The number of carbonyl (C=O) groups is 1. The van der Waals surface area contributed by atoms with Crippen LogP contribution in [0.3, 0.4) is 0 Å². The van der Waals surface area contributed by atoms with Gasteiger partial charge in [-0.05, 0) is 42.8 Å². The van der Waals surface area contributed by atoms with Gasteiger partial charge in [-0.3, -0.25) is 14.7 Å². The highest BCUT2D eigenvalue weighted by atomic mass is 32.2. The summed E-state index contributed by atoms with van der Waals surface area (Å²) in [5.41, 5.74) is 0.885. The zero-order valence-corrected chi connectivity index (χ0v) is 19.7. The van der Waals surface area contributed by atoms with E-state index in [4.69, 9.17) is 9.47 Å². The van der Waals surface area contributed by atoms with E-state index in [1.807, 2.05) is 66.1 Å². The zero-order valence-electron chi connectivity index (χ0n) is 18.1. The Hall–Kier alpha value is -3.44. The van der Waals surface area contributed by atoms with Crippen molar-refractivity contribution in [3.05, 3.63) is 65.4 Å². The first kappa shape index (κ1) is 22.7. The Kier molecular flexibility index (Phi) is 7.53. The SMILES string of the molecule is CCc1nnc(NC(=O)CSc2nnc(COc3ccc(OC)cc3)n2-c2ccccc2)s1. The van der Waals surface area contributed by atoms with E-state index in [0.29, 0.717) is 21.9 Å². The van der Waals surface area contributed by atoms with Crippen LogP contribution in [0.25, 0.3) is 5.69 Å². The zero-order chi connectivity index (χ0) is 23.0. The lowest BCUT2D eigenvalue weighted by molar-refractivity contribution is -0.113. The number of anilines is 1. The molecule has 0 unspecified atom stereocenters. The molecule has 1 N–H and O–H groups in total. The monoisotopic (exact) mass is 482 g/mol. The molecule has 0 spiro atoms. The van der Waals surface area contributed by atoms with Crippen LogP contribution in [0.4, 0.5) is 5.13 Å². The van der Waals surface area contributed by atoms with Gasteiger partial charge in [-0.1, -0.05) is 48.2 Å². The van der Waals surface area contributed by atoms with E-state index in [2.05, 4.69) is 25.7 Å². The number of rotatable bonds is 10. The summed E-state index contributed by atoms with van der Waals surface area (Å²) in [6.45, 7) is 2.21. The molecule has 0 aliphatic rings. The second kappa shape index (κ2) is 10.9. The predicted octanol–water partition coefficient (Wildman–Crippen LogP) is 4.00. The van der Waals surface area contributed by atoms with E-state index < -0.39 is 0 Å². The van der Waals surface area contributed by atoms with Crippen molar-refractivity contribution in [1.82, 2.24) is 25.0 Å². The molecule has 33 heavy (non-hydrogen) atoms. The van der Waals surface area contributed by atoms with E-state index in [1.165, 1.54) is 23.1 Å². The van der Waals surface area contributed by atoms with Crippen molar-refractivity contribution in [1.29, 1.82) is 0 Å². The smallest absolute Gasteiger partial charge is 0.236 e. The van der Waals surface area contributed by atoms with Crippen molar-refractivity contribution in [3.63, 3.8) is 0 Å². The van der Waals surface area contributed by atoms with Crippen LogP contribution in [0.2, 0.25) is 0 Å². The molecule has 9 nitrogen and oxygen atoms in total. The molecule has 0 aliphatic heterocycles. The normalized spacial score (nSPS) is 10.7. The Morgan fingerprint density at radius 1 is 1.03 bits per heavy atom. The summed E-state index contributed by atoms with van der Waals surface area (Å²) in [6, 6.07) is 17.1. The number of hydrogen-bond donors (Lipinski definition) is 1. The van der Waals surface area contributed by atoms with E-state index in [0.717, 1.165) is 22.9 Å². The molecule has 0 aliphatic carbocycles. The van der Waals surface area contributed by atoms with Crippen LogP contribution in [0.5, 0.6) is 11.5 Å². The molecule has 2 aromatic carbocycles. The Balaban J connectivity index is 1.46. The summed E-state index contributed by atoms with van der Waals surface area (Å²) in [7, 11) is 1.62. The lowest BCUT2D eigenvalue weighted by atomic mass is 10.3. The fourth-order valence-electron chi connectivity index (χ4n) is 2.88. The van der Waals surface area contributed by atoms with E-state index in [9.17, 15) is 4.79 Å². The number of thioether (sulfide) groups is 1. The minimum atomic E-state index is -0.183. The molecule has 4 aromatic rings. The first-order valence-electron chi connectivity index (χ1n) is 10.2. The van der Waals surface area contributed by atoms with Gasteiger partial charge in [0, 0.05) is 5.69 Å². The molecule has 0 bridgehead atoms. The largest absolute Gasteiger partial charge is 0.497 e. The highest BCUT2D eigenvalue weighted by Crippen LogP contribution is 2.24. The third kappa shape index (κ3) is 5.88. The molecule has 4 rings (SSSR count). The third-order valence-electron chi connectivity index (χ3n) is 4.49. The van der Waals surface area contributed by atoms with Crippen LogP contribution in [0.15, 0.2) is 59.8 Å². The number of methoxy groups -OCH3 is 1. The Bertz CT molecular complexity index is 1190. The van der Waals surface area contributed by atoms with Gasteiger partial charge in [0.05, 0.1) is 12.9 Å². The first-order valence-corrected chi connectivity index (χ1v) is 12.0. The fourth-order valence-corrected chi connectivity index (χ4v) is 4.34. The average Bonchev–Trinajstić information content (AvgIpc) is 3.48. The lowest BCUT2D eigenvalue weighted by Crippen LogP contribution is -2.14. The molecule has 170 valence electrons. The molecule has 1 amide bonds. The number of hydrogen-bond acceptors (Lipinski definition) is 9. The third-order valence-corrected chi connectivity index (χ3v) is 6.40. The van der Waals surface area contributed by atoms with E-state index >= 15 is 0 Å². The molecular weight excluding hydrogens is 460 g/mol.